The van der Waals surface area contributed by atoms with E-state index in [0.717, 1.165) is 5.56 Å². The Balaban J connectivity index is 3.02. The van der Waals surface area contributed by atoms with Crippen LogP contribution in [0.4, 0.5) is 0 Å². The molecule has 0 unspecified atom stereocenters. The summed E-state index contributed by atoms with van der Waals surface area (Å²) in [5.74, 6) is 0. The summed E-state index contributed by atoms with van der Waals surface area (Å²) in [6.45, 7) is 6.38. The average molecular weight is 215 g/mol. The lowest BCUT2D eigenvalue weighted by Gasteiger charge is -2.24. The summed E-state index contributed by atoms with van der Waals surface area (Å²) in [6.07, 6.45) is 0. The zero-order chi connectivity index (χ0) is 10.1. The highest BCUT2D eigenvalue weighted by molar-refractivity contribution is 6.77. The minimum absolute atomic E-state index is 0.374. The van der Waals surface area contributed by atoms with Gasteiger partial charge >= 0.3 is 0 Å². The molecule has 1 atom stereocenters. The van der Waals surface area contributed by atoms with Crippen LogP contribution in [0.5, 0.6) is 0 Å². The number of hydrogen-bond acceptors (Lipinski definition) is 1. The Morgan fingerprint density at radius 1 is 1.23 bits per heavy atom. The van der Waals surface area contributed by atoms with Crippen molar-refractivity contribution in [1.82, 2.24) is 0 Å². The van der Waals surface area contributed by atoms with Crippen LogP contribution in [0.15, 0.2) is 24.3 Å². The Morgan fingerprint density at radius 3 is 2.23 bits per heavy atom. The zero-order valence-electron chi connectivity index (χ0n) is 8.21. The summed E-state index contributed by atoms with van der Waals surface area (Å²) >= 11 is 5.99. The highest BCUT2D eigenvalue weighted by atomic mass is 35.5. The van der Waals surface area contributed by atoms with E-state index in [1.54, 1.807) is 0 Å². The molecule has 0 aromatic heterocycles. The van der Waals surface area contributed by atoms with Crippen molar-refractivity contribution >= 4 is 19.7 Å². The van der Waals surface area contributed by atoms with Gasteiger partial charge in [0.05, 0.1) is 13.8 Å². The quantitative estimate of drug-likeness (QED) is 0.750. The maximum atomic E-state index is 10.0. The molecule has 0 radical (unpaired) electrons. The molecule has 72 valence electrons. The molecule has 0 aliphatic carbocycles. The van der Waals surface area contributed by atoms with Gasteiger partial charge in [0.2, 0.25) is 0 Å². The van der Waals surface area contributed by atoms with E-state index in [1.165, 1.54) is 0 Å². The maximum Gasteiger partial charge on any atom is 0.0839 e. The van der Waals surface area contributed by atoms with Gasteiger partial charge in [0.1, 0.15) is 0 Å². The third kappa shape index (κ3) is 2.56. The first-order valence-electron chi connectivity index (χ1n) is 4.35. The van der Waals surface area contributed by atoms with Crippen LogP contribution in [-0.4, -0.2) is 13.2 Å². The summed E-state index contributed by atoms with van der Waals surface area (Å²) < 4.78 is 0. The fraction of sp³-hybridized carbons (Fsp3) is 0.400. The smallest absolute Gasteiger partial charge is 0.0839 e. The van der Waals surface area contributed by atoms with E-state index in [-0.39, 0.29) is 5.73 Å². The van der Waals surface area contributed by atoms with E-state index >= 15 is 0 Å². The molecule has 1 aromatic rings. The monoisotopic (exact) mass is 214 g/mol. The van der Waals surface area contributed by atoms with Crippen molar-refractivity contribution in [2.45, 2.75) is 25.4 Å². The van der Waals surface area contributed by atoms with Gasteiger partial charge in [-0.25, -0.2) is 0 Å². The molecule has 1 aromatic carbocycles. The van der Waals surface area contributed by atoms with Crippen LogP contribution in [-0.2, 0) is 0 Å². The molecule has 13 heavy (non-hydrogen) atoms. The van der Waals surface area contributed by atoms with Crippen molar-refractivity contribution in [1.29, 1.82) is 0 Å². The maximum absolute atomic E-state index is 10.0. The van der Waals surface area contributed by atoms with E-state index in [4.69, 9.17) is 11.6 Å². The Labute approximate surface area is 85.4 Å². The Bertz CT molecular complexity index is 293. The van der Waals surface area contributed by atoms with Crippen LogP contribution in [0.3, 0.4) is 0 Å². The molecule has 0 heterocycles. The molecule has 1 rings (SSSR count). The van der Waals surface area contributed by atoms with Crippen molar-refractivity contribution < 1.29 is 5.11 Å². The van der Waals surface area contributed by atoms with Gasteiger partial charge < -0.3 is 5.11 Å². The first kappa shape index (κ1) is 10.8. The second kappa shape index (κ2) is 3.82. The molecule has 0 fully saturated rings. The molecule has 0 bridgehead atoms. The third-order valence-corrected chi connectivity index (χ3v) is 4.32. The van der Waals surface area contributed by atoms with Crippen LogP contribution in [0.2, 0.25) is 24.7 Å². The van der Waals surface area contributed by atoms with Crippen molar-refractivity contribution in [2.24, 2.45) is 0 Å². The van der Waals surface area contributed by atoms with Gasteiger partial charge in [0.25, 0.3) is 0 Å². The molecule has 0 spiro atoms. The largest absolute Gasteiger partial charge is 0.392 e. The SMILES string of the molecule is C[Si](C)(C)[C@H](O)c1ccccc1Cl. The predicted molar refractivity (Wildman–Crippen MR) is 59.8 cm³/mol. The van der Waals surface area contributed by atoms with Crippen LogP contribution in [0, 0.1) is 0 Å². The van der Waals surface area contributed by atoms with Gasteiger partial charge in [0, 0.05) is 5.02 Å². The van der Waals surface area contributed by atoms with E-state index in [9.17, 15) is 5.11 Å². The van der Waals surface area contributed by atoms with Crippen molar-refractivity contribution in [3.05, 3.63) is 34.9 Å². The normalized spacial score (nSPS) is 14.2. The number of halogens is 1. The molecule has 0 aliphatic rings. The summed E-state index contributed by atoms with van der Waals surface area (Å²) in [4.78, 5) is 0. The van der Waals surface area contributed by atoms with Crippen molar-refractivity contribution in [3.8, 4) is 0 Å². The molecule has 0 aliphatic heterocycles. The Morgan fingerprint density at radius 2 is 1.77 bits per heavy atom. The number of aliphatic hydroxyl groups excluding tert-OH is 1. The van der Waals surface area contributed by atoms with Crippen LogP contribution in [0.1, 0.15) is 11.3 Å². The molecule has 1 nitrogen and oxygen atoms in total. The minimum Gasteiger partial charge on any atom is -0.392 e. The topological polar surface area (TPSA) is 20.2 Å². The lowest BCUT2D eigenvalue weighted by molar-refractivity contribution is 0.250. The van der Waals surface area contributed by atoms with Crippen LogP contribution >= 0.6 is 11.6 Å². The molecular weight excluding hydrogens is 200 g/mol. The number of rotatable bonds is 2. The van der Waals surface area contributed by atoms with E-state index in [1.807, 2.05) is 24.3 Å². The Hall–Kier alpha value is -0.313. The minimum atomic E-state index is -1.56. The van der Waals surface area contributed by atoms with E-state index in [0.29, 0.717) is 5.02 Å². The van der Waals surface area contributed by atoms with Gasteiger partial charge in [-0.05, 0) is 11.6 Å². The number of hydrogen-bond donors (Lipinski definition) is 1. The molecule has 0 amide bonds. The summed E-state index contributed by atoms with van der Waals surface area (Å²) in [7, 11) is -1.56. The standard InChI is InChI=1S/C10H15ClOSi/c1-13(2,3)10(12)8-6-4-5-7-9(8)11/h4-7,10,12H,1-3H3/t10-/m0/s1. The highest BCUT2D eigenvalue weighted by Gasteiger charge is 2.27. The first-order valence-corrected chi connectivity index (χ1v) is 8.31. The highest BCUT2D eigenvalue weighted by Crippen LogP contribution is 2.29. The molecule has 0 saturated carbocycles. The third-order valence-electron chi connectivity index (χ3n) is 2.02. The first-order chi connectivity index (χ1) is 5.93. The Kier molecular flexibility index (Phi) is 3.17. The van der Waals surface area contributed by atoms with Gasteiger partial charge in [0.15, 0.2) is 0 Å². The molecule has 0 saturated heterocycles. The summed E-state index contributed by atoms with van der Waals surface area (Å²) in [5, 5.41) is 10.7. The van der Waals surface area contributed by atoms with Crippen LogP contribution in [0.25, 0.3) is 0 Å². The lowest BCUT2D eigenvalue weighted by Crippen LogP contribution is -2.30. The van der Waals surface area contributed by atoms with Gasteiger partial charge in [-0.3, -0.25) is 0 Å². The fourth-order valence-electron chi connectivity index (χ4n) is 1.16. The summed E-state index contributed by atoms with van der Waals surface area (Å²) in [6, 6.07) is 7.50. The zero-order valence-corrected chi connectivity index (χ0v) is 9.97. The second-order valence-electron chi connectivity index (χ2n) is 4.29. The van der Waals surface area contributed by atoms with E-state index in [2.05, 4.69) is 19.6 Å². The fourth-order valence-corrected chi connectivity index (χ4v) is 2.68. The van der Waals surface area contributed by atoms with E-state index < -0.39 is 8.07 Å². The summed E-state index contributed by atoms with van der Waals surface area (Å²) in [5.41, 5.74) is 0.490. The predicted octanol–water partition coefficient (Wildman–Crippen LogP) is 3.25. The van der Waals surface area contributed by atoms with Gasteiger partial charge in [-0.15, -0.1) is 0 Å². The average Bonchev–Trinajstić information content (AvgIpc) is 2.02. The van der Waals surface area contributed by atoms with Gasteiger partial charge in [-0.2, -0.15) is 0 Å². The number of benzene rings is 1. The molecule has 3 heteroatoms. The van der Waals surface area contributed by atoms with Gasteiger partial charge in [-0.1, -0.05) is 49.4 Å². The molecular formula is C10H15ClOSi. The lowest BCUT2D eigenvalue weighted by atomic mass is 10.2. The number of aliphatic hydroxyl groups is 1. The molecule has 1 N–H and O–H groups in total. The van der Waals surface area contributed by atoms with Crippen LogP contribution < -0.4 is 0 Å². The van der Waals surface area contributed by atoms with Crippen molar-refractivity contribution in [3.63, 3.8) is 0 Å². The second-order valence-corrected chi connectivity index (χ2v) is 9.98. The van der Waals surface area contributed by atoms with Crippen molar-refractivity contribution in [2.75, 3.05) is 0 Å².